The van der Waals surface area contributed by atoms with Crippen LogP contribution in [-0.4, -0.2) is 15.9 Å². The van der Waals surface area contributed by atoms with Gasteiger partial charge >= 0.3 is 0 Å². The van der Waals surface area contributed by atoms with Crippen molar-refractivity contribution in [3.05, 3.63) is 101 Å². The van der Waals surface area contributed by atoms with Crippen LogP contribution in [0, 0.1) is 0 Å². The van der Waals surface area contributed by atoms with E-state index in [-0.39, 0.29) is 0 Å². The molecule has 4 aromatic rings. The Kier molecular flexibility index (Phi) is 5.07. The third kappa shape index (κ3) is 4.12. The van der Waals surface area contributed by atoms with Gasteiger partial charge in [-0.15, -0.1) is 0 Å². The van der Waals surface area contributed by atoms with Crippen LogP contribution >= 0.6 is 15.9 Å². The lowest BCUT2D eigenvalue weighted by molar-refractivity contribution is 0.429. The minimum atomic E-state index is 0.421. The van der Waals surface area contributed by atoms with E-state index in [9.17, 15) is 0 Å². The van der Waals surface area contributed by atoms with E-state index in [4.69, 9.17) is 4.52 Å². The van der Waals surface area contributed by atoms with Gasteiger partial charge in [-0.05, 0) is 36.4 Å². The molecule has 0 aliphatic heterocycles. The zero-order valence-electron chi connectivity index (χ0n) is 14.2. The van der Waals surface area contributed by atoms with Gasteiger partial charge in [-0.25, -0.2) is 0 Å². The predicted octanol–water partition coefficient (Wildman–Crippen LogP) is 5.36. The number of hydrogen-bond donors (Lipinski definition) is 1. The SMILES string of the molecule is Brc1ccc(N/N=C(\c2ccccc2)c2noc(-c3ccccc3)n2)cc1. The van der Waals surface area contributed by atoms with Crippen molar-refractivity contribution in [2.45, 2.75) is 0 Å². The summed E-state index contributed by atoms with van der Waals surface area (Å²) in [7, 11) is 0. The molecule has 4 rings (SSSR count). The molecule has 1 aromatic heterocycles. The van der Waals surface area contributed by atoms with Gasteiger partial charge in [-0.3, -0.25) is 5.43 Å². The number of anilines is 1. The Balaban J connectivity index is 1.69. The Morgan fingerprint density at radius 3 is 2.22 bits per heavy atom. The van der Waals surface area contributed by atoms with Gasteiger partial charge in [0, 0.05) is 15.6 Å². The molecule has 0 amide bonds. The van der Waals surface area contributed by atoms with E-state index in [1.54, 1.807) is 0 Å². The van der Waals surface area contributed by atoms with Crippen molar-refractivity contribution < 1.29 is 4.52 Å². The summed E-state index contributed by atoms with van der Waals surface area (Å²) >= 11 is 3.43. The normalized spacial score (nSPS) is 11.4. The number of nitrogens with zero attached hydrogens (tertiary/aromatic N) is 3. The average Bonchev–Trinajstić information content (AvgIpc) is 3.21. The van der Waals surface area contributed by atoms with E-state index in [1.165, 1.54) is 0 Å². The van der Waals surface area contributed by atoms with Crippen molar-refractivity contribution in [2.24, 2.45) is 5.10 Å². The minimum absolute atomic E-state index is 0.421. The Morgan fingerprint density at radius 2 is 1.52 bits per heavy atom. The maximum atomic E-state index is 5.45. The van der Waals surface area contributed by atoms with Crippen LogP contribution in [-0.2, 0) is 0 Å². The molecule has 0 fully saturated rings. The quantitative estimate of drug-likeness (QED) is 0.349. The van der Waals surface area contributed by atoms with Crippen molar-refractivity contribution in [1.82, 2.24) is 10.1 Å². The number of rotatable bonds is 5. The number of aromatic nitrogens is 2. The molecule has 0 atom stereocenters. The molecule has 0 radical (unpaired) electrons. The first-order valence-corrected chi connectivity index (χ1v) is 9.13. The lowest BCUT2D eigenvalue weighted by Gasteiger charge is -2.05. The van der Waals surface area contributed by atoms with Gasteiger partial charge in [0.1, 0.15) is 5.71 Å². The zero-order chi connectivity index (χ0) is 18.5. The second-order valence-corrected chi connectivity index (χ2v) is 6.65. The Bertz CT molecular complexity index is 1040. The molecule has 0 saturated carbocycles. The van der Waals surface area contributed by atoms with Crippen LogP contribution in [0.3, 0.4) is 0 Å². The molecular formula is C21H15BrN4O. The van der Waals surface area contributed by atoms with Crippen molar-refractivity contribution in [3.63, 3.8) is 0 Å². The molecule has 1 N–H and O–H groups in total. The van der Waals surface area contributed by atoms with Gasteiger partial charge < -0.3 is 4.52 Å². The highest BCUT2D eigenvalue weighted by Gasteiger charge is 2.16. The molecule has 0 bridgehead atoms. The van der Waals surface area contributed by atoms with E-state index in [2.05, 4.69) is 36.6 Å². The Morgan fingerprint density at radius 1 is 0.852 bits per heavy atom. The van der Waals surface area contributed by atoms with Gasteiger partial charge in [0.05, 0.1) is 5.69 Å². The second-order valence-electron chi connectivity index (χ2n) is 5.73. The highest BCUT2D eigenvalue weighted by Crippen LogP contribution is 2.19. The molecule has 0 aliphatic rings. The first kappa shape index (κ1) is 17.2. The standard InChI is InChI=1S/C21H15BrN4O/c22-17-11-13-18(14-12-17)24-25-19(15-7-3-1-4-8-15)20-23-21(27-26-20)16-9-5-2-6-10-16/h1-14,24H/b25-19+. The van der Waals surface area contributed by atoms with Crippen LogP contribution in [0.5, 0.6) is 0 Å². The number of hydrogen-bond acceptors (Lipinski definition) is 5. The van der Waals surface area contributed by atoms with Crippen molar-refractivity contribution in [1.29, 1.82) is 0 Å². The minimum Gasteiger partial charge on any atom is -0.334 e. The summed E-state index contributed by atoms with van der Waals surface area (Å²) in [5.74, 6) is 0.877. The van der Waals surface area contributed by atoms with Gasteiger partial charge in [0.25, 0.3) is 5.89 Å². The first-order chi connectivity index (χ1) is 13.3. The molecule has 3 aromatic carbocycles. The van der Waals surface area contributed by atoms with Crippen molar-refractivity contribution >= 4 is 27.3 Å². The Hall–Kier alpha value is -3.25. The summed E-state index contributed by atoms with van der Waals surface area (Å²) in [6.45, 7) is 0. The number of halogens is 1. The lowest BCUT2D eigenvalue weighted by atomic mass is 10.1. The third-order valence-electron chi connectivity index (χ3n) is 3.85. The molecule has 0 unspecified atom stereocenters. The molecule has 5 nitrogen and oxygen atoms in total. The summed E-state index contributed by atoms with van der Waals surface area (Å²) in [4.78, 5) is 4.53. The summed E-state index contributed by atoms with van der Waals surface area (Å²) in [5, 5.41) is 8.67. The van der Waals surface area contributed by atoms with Gasteiger partial charge in [0.15, 0.2) is 0 Å². The van der Waals surface area contributed by atoms with Crippen LogP contribution in [0.25, 0.3) is 11.5 Å². The fourth-order valence-electron chi connectivity index (χ4n) is 2.50. The molecule has 1 heterocycles. The van der Waals surface area contributed by atoms with E-state index >= 15 is 0 Å². The van der Waals surface area contributed by atoms with Crippen LogP contribution in [0.4, 0.5) is 5.69 Å². The van der Waals surface area contributed by atoms with Gasteiger partial charge in [0.2, 0.25) is 5.82 Å². The van der Waals surface area contributed by atoms with Crippen LogP contribution < -0.4 is 5.43 Å². The fourth-order valence-corrected chi connectivity index (χ4v) is 2.77. The van der Waals surface area contributed by atoms with Crippen molar-refractivity contribution in [2.75, 3.05) is 5.43 Å². The molecule has 0 aliphatic carbocycles. The predicted molar refractivity (Wildman–Crippen MR) is 110 cm³/mol. The highest BCUT2D eigenvalue weighted by atomic mass is 79.9. The van der Waals surface area contributed by atoms with E-state index in [1.807, 2.05) is 84.9 Å². The summed E-state index contributed by atoms with van der Waals surface area (Å²) in [5.41, 5.74) is 6.28. The third-order valence-corrected chi connectivity index (χ3v) is 4.38. The average molecular weight is 419 g/mol. The topological polar surface area (TPSA) is 63.3 Å². The van der Waals surface area contributed by atoms with Gasteiger partial charge in [-0.1, -0.05) is 69.6 Å². The van der Waals surface area contributed by atoms with Crippen LogP contribution in [0.1, 0.15) is 11.4 Å². The second kappa shape index (κ2) is 7.97. The molecule has 0 saturated heterocycles. The maximum Gasteiger partial charge on any atom is 0.258 e. The fraction of sp³-hybridized carbons (Fsp3) is 0. The largest absolute Gasteiger partial charge is 0.334 e. The Labute approximate surface area is 164 Å². The number of nitrogens with one attached hydrogen (secondary N) is 1. The van der Waals surface area contributed by atoms with E-state index in [0.717, 1.165) is 21.3 Å². The summed E-state index contributed by atoms with van der Waals surface area (Å²) in [6, 6.07) is 27.2. The maximum absolute atomic E-state index is 5.45. The molecule has 6 heteroatoms. The molecule has 132 valence electrons. The summed E-state index contributed by atoms with van der Waals surface area (Å²) < 4.78 is 6.45. The molecule has 27 heavy (non-hydrogen) atoms. The van der Waals surface area contributed by atoms with E-state index in [0.29, 0.717) is 17.4 Å². The molecular weight excluding hydrogens is 404 g/mol. The van der Waals surface area contributed by atoms with Crippen LogP contribution in [0.15, 0.2) is 99.0 Å². The van der Waals surface area contributed by atoms with Crippen LogP contribution in [0.2, 0.25) is 0 Å². The van der Waals surface area contributed by atoms with E-state index < -0.39 is 0 Å². The van der Waals surface area contributed by atoms with Gasteiger partial charge in [-0.2, -0.15) is 10.1 Å². The summed E-state index contributed by atoms with van der Waals surface area (Å²) in [6.07, 6.45) is 0. The first-order valence-electron chi connectivity index (χ1n) is 8.34. The number of benzene rings is 3. The van der Waals surface area contributed by atoms with Crippen molar-refractivity contribution in [3.8, 4) is 11.5 Å². The molecule has 0 spiro atoms. The monoisotopic (exact) mass is 418 g/mol. The number of hydrazone groups is 1. The zero-order valence-corrected chi connectivity index (χ0v) is 15.8. The lowest BCUT2D eigenvalue weighted by Crippen LogP contribution is -2.08. The highest BCUT2D eigenvalue weighted by molar-refractivity contribution is 9.10. The smallest absolute Gasteiger partial charge is 0.258 e.